The minimum absolute atomic E-state index is 0.0116. The van der Waals surface area contributed by atoms with Crippen molar-refractivity contribution in [1.29, 1.82) is 0 Å². The van der Waals surface area contributed by atoms with Crippen LogP contribution in [0.3, 0.4) is 0 Å². The van der Waals surface area contributed by atoms with Gasteiger partial charge in [-0.25, -0.2) is 4.79 Å². The molecule has 0 saturated carbocycles. The summed E-state index contributed by atoms with van der Waals surface area (Å²) in [6.45, 7) is 4.48. The average molecular weight is 613 g/mol. The minimum atomic E-state index is -0.478. The molecule has 0 spiro atoms. The van der Waals surface area contributed by atoms with E-state index < -0.39 is 16.9 Å². The molecule has 0 atom stereocenters. The molecule has 0 bridgehead atoms. The summed E-state index contributed by atoms with van der Waals surface area (Å²) in [7, 11) is 0. The summed E-state index contributed by atoms with van der Waals surface area (Å²) in [5.41, 5.74) is 3.40. The molecule has 1 saturated heterocycles. The van der Waals surface area contributed by atoms with Crippen LogP contribution in [0, 0.1) is 20.6 Å². The fourth-order valence-electron chi connectivity index (χ4n) is 3.75. The van der Waals surface area contributed by atoms with Crippen LogP contribution in [0.2, 0.25) is 0 Å². The highest BCUT2D eigenvalue weighted by Gasteiger charge is 2.33. The van der Waals surface area contributed by atoms with Crippen LogP contribution in [0.1, 0.15) is 29.2 Å². The minimum Gasteiger partial charge on any atom is -0.490 e. The second kappa shape index (κ2) is 11.4. The molecule has 37 heavy (non-hydrogen) atoms. The first-order chi connectivity index (χ1) is 17.7. The molecule has 1 heterocycles. The number of nitrogens with one attached hydrogen (secondary N) is 1. The van der Waals surface area contributed by atoms with Gasteiger partial charge in [0.2, 0.25) is 0 Å². The number of hydrogen-bond acceptors (Lipinski definition) is 6. The van der Waals surface area contributed by atoms with E-state index in [-0.39, 0.29) is 24.5 Å². The summed E-state index contributed by atoms with van der Waals surface area (Å²) in [5, 5.41) is 13.7. The number of aryl methyl sites for hydroxylation is 1. The lowest BCUT2D eigenvalue weighted by atomic mass is 10.1. The Morgan fingerprint density at radius 3 is 2.51 bits per heavy atom. The van der Waals surface area contributed by atoms with E-state index in [1.165, 1.54) is 17.0 Å². The number of non-ortho nitro benzene ring substituents is 1. The fraction of sp³-hybridized carbons (Fsp3) is 0.185. The van der Waals surface area contributed by atoms with Gasteiger partial charge in [-0.1, -0.05) is 42.0 Å². The first kappa shape index (κ1) is 26.1. The number of carbonyl (C=O) groups is 2. The zero-order valence-corrected chi connectivity index (χ0v) is 22.4. The molecule has 1 N–H and O–H groups in total. The lowest BCUT2D eigenvalue weighted by molar-refractivity contribution is -0.384. The summed E-state index contributed by atoms with van der Waals surface area (Å²) < 4.78 is 12.5. The maximum Gasteiger partial charge on any atom is 0.329 e. The van der Waals surface area contributed by atoms with E-state index in [0.717, 1.165) is 11.1 Å². The van der Waals surface area contributed by atoms with Gasteiger partial charge in [0.25, 0.3) is 11.6 Å². The van der Waals surface area contributed by atoms with Crippen molar-refractivity contribution < 1.29 is 24.0 Å². The molecule has 190 valence electrons. The monoisotopic (exact) mass is 613 g/mol. The number of halogens is 1. The average Bonchev–Trinajstić information content (AvgIpc) is 3.12. The van der Waals surface area contributed by atoms with Crippen LogP contribution < -0.4 is 14.8 Å². The number of urea groups is 1. The molecule has 4 rings (SSSR count). The van der Waals surface area contributed by atoms with Crippen LogP contribution in [0.25, 0.3) is 6.08 Å². The van der Waals surface area contributed by atoms with Gasteiger partial charge in [-0.3, -0.25) is 19.8 Å². The zero-order valence-electron chi connectivity index (χ0n) is 20.2. The largest absolute Gasteiger partial charge is 0.490 e. The van der Waals surface area contributed by atoms with E-state index in [1.54, 1.807) is 30.3 Å². The Labute approximate surface area is 227 Å². The fourth-order valence-corrected chi connectivity index (χ4v) is 4.53. The third-order valence-corrected chi connectivity index (χ3v) is 6.37. The number of benzene rings is 3. The molecule has 1 aliphatic rings. The molecule has 10 heteroatoms. The highest BCUT2D eigenvalue weighted by Crippen LogP contribution is 2.36. The van der Waals surface area contributed by atoms with Gasteiger partial charge in [0.05, 0.1) is 21.6 Å². The van der Waals surface area contributed by atoms with Crippen molar-refractivity contribution >= 4 is 46.3 Å². The summed E-state index contributed by atoms with van der Waals surface area (Å²) >= 11 is 2.10. The third kappa shape index (κ3) is 6.26. The molecule has 0 aromatic heterocycles. The zero-order chi connectivity index (χ0) is 26.5. The number of imide groups is 1. The molecule has 1 fully saturated rings. The van der Waals surface area contributed by atoms with E-state index in [2.05, 4.69) is 27.9 Å². The van der Waals surface area contributed by atoms with Crippen molar-refractivity contribution in [3.05, 3.63) is 102 Å². The maximum atomic E-state index is 13.0. The molecule has 3 amide bonds. The highest BCUT2D eigenvalue weighted by molar-refractivity contribution is 14.1. The molecule has 0 unspecified atom stereocenters. The Morgan fingerprint density at radius 1 is 1.05 bits per heavy atom. The molecular weight excluding hydrogens is 589 g/mol. The summed E-state index contributed by atoms with van der Waals surface area (Å²) in [5.74, 6) is 0.531. The van der Waals surface area contributed by atoms with E-state index in [9.17, 15) is 19.7 Å². The predicted octanol–water partition coefficient (Wildman–Crippen LogP) is 5.58. The number of nitro groups is 1. The summed E-state index contributed by atoms with van der Waals surface area (Å²) in [6.07, 6.45) is 1.60. The highest BCUT2D eigenvalue weighted by atomic mass is 127. The van der Waals surface area contributed by atoms with Gasteiger partial charge >= 0.3 is 6.03 Å². The van der Waals surface area contributed by atoms with Crippen molar-refractivity contribution in [1.82, 2.24) is 10.2 Å². The molecule has 1 aliphatic heterocycles. The maximum absolute atomic E-state index is 13.0. The van der Waals surface area contributed by atoms with Crippen LogP contribution in [-0.4, -0.2) is 28.4 Å². The standard InChI is InChI=1S/C27H24IN3O6/c1-3-36-24-14-20(12-22(28)25(24)37-16-19-5-4-6-21(11-19)31(34)35)13-23-26(32)30(27(33)29-23)15-18-9-7-17(2)8-10-18/h4-14H,3,15-16H2,1-2H3,(H,29,33)/b23-13+. The number of nitrogens with zero attached hydrogens (tertiary/aromatic N) is 2. The van der Waals surface area contributed by atoms with Gasteiger partial charge in [-0.2, -0.15) is 0 Å². The van der Waals surface area contributed by atoms with E-state index in [1.807, 2.05) is 38.1 Å². The quantitative estimate of drug-likeness (QED) is 0.111. The molecule has 0 radical (unpaired) electrons. The predicted molar refractivity (Wildman–Crippen MR) is 146 cm³/mol. The van der Waals surface area contributed by atoms with Crippen LogP contribution in [0.5, 0.6) is 11.5 Å². The summed E-state index contributed by atoms with van der Waals surface area (Å²) in [4.78, 5) is 37.2. The van der Waals surface area contributed by atoms with Gasteiger partial charge in [0.15, 0.2) is 11.5 Å². The normalized spacial score (nSPS) is 14.1. The number of carbonyl (C=O) groups excluding carboxylic acids is 2. The Balaban J connectivity index is 1.54. The smallest absolute Gasteiger partial charge is 0.329 e. The van der Waals surface area contributed by atoms with Gasteiger partial charge in [0, 0.05) is 12.1 Å². The lowest BCUT2D eigenvalue weighted by Gasteiger charge is -2.15. The van der Waals surface area contributed by atoms with Crippen molar-refractivity contribution in [2.45, 2.75) is 27.0 Å². The molecule has 3 aromatic rings. The van der Waals surface area contributed by atoms with Crippen LogP contribution >= 0.6 is 22.6 Å². The van der Waals surface area contributed by atoms with Gasteiger partial charge in [0.1, 0.15) is 12.3 Å². The first-order valence-electron chi connectivity index (χ1n) is 11.5. The van der Waals surface area contributed by atoms with Gasteiger partial charge < -0.3 is 14.8 Å². The van der Waals surface area contributed by atoms with Crippen molar-refractivity contribution in [2.24, 2.45) is 0 Å². The van der Waals surface area contributed by atoms with Gasteiger partial charge in [-0.15, -0.1) is 0 Å². The van der Waals surface area contributed by atoms with Crippen LogP contribution in [0.15, 0.2) is 66.4 Å². The molecule has 0 aliphatic carbocycles. The number of rotatable bonds is 9. The first-order valence-corrected chi connectivity index (χ1v) is 12.6. The Morgan fingerprint density at radius 2 is 1.81 bits per heavy atom. The van der Waals surface area contributed by atoms with Gasteiger partial charge in [-0.05, 0) is 71.3 Å². The lowest BCUT2D eigenvalue weighted by Crippen LogP contribution is -2.30. The molecular formula is C27H24IN3O6. The second-order valence-corrected chi connectivity index (χ2v) is 9.51. The number of ether oxygens (including phenoxy) is 2. The topological polar surface area (TPSA) is 111 Å². The molecule has 9 nitrogen and oxygen atoms in total. The van der Waals surface area contributed by atoms with Crippen molar-refractivity contribution in [3.8, 4) is 11.5 Å². The van der Waals surface area contributed by atoms with Crippen molar-refractivity contribution in [3.63, 3.8) is 0 Å². The molecule has 3 aromatic carbocycles. The summed E-state index contributed by atoms with van der Waals surface area (Å²) in [6, 6.07) is 16.9. The van der Waals surface area contributed by atoms with Crippen molar-refractivity contribution in [2.75, 3.05) is 6.61 Å². The van der Waals surface area contributed by atoms with Crippen LogP contribution in [-0.2, 0) is 17.9 Å². The number of nitro benzene ring substituents is 1. The number of hydrogen-bond donors (Lipinski definition) is 1. The Bertz CT molecular complexity index is 1390. The SMILES string of the molecule is CCOc1cc(/C=C2/NC(=O)N(Cc3ccc(C)cc3)C2=O)cc(I)c1OCc1cccc([N+](=O)[O-])c1. The van der Waals surface area contributed by atoms with E-state index >= 15 is 0 Å². The number of amides is 3. The van der Waals surface area contributed by atoms with Crippen LogP contribution in [0.4, 0.5) is 10.5 Å². The Kier molecular flexibility index (Phi) is 8.07. The van der Waals surface area contributed by atoms with E-state index in [4.69, 9.17) is 9.47 Å². The second-order valence-electron chi connectivity index (χ2n) is 8.34. The Hall–Kier alpha value is -3.93. The third-order valence-electron chi connectivity index (χ3n) is 5.57. The van der Waals surface area contributed by atoms with E-state index in [0.29, 0.717) is 32.8 Å².